The number of benzene rings is 1. The summed E-state index contributed by atoms with van der Waals surface area (Å²) < 4.78 is 13.6. The monoisotopic (exact) mass is 362 g/mol. The molecule has 1 heterocycles. The van der Waals surface area contributed by atoms with Gasteiger partial charge in [0.2, 0.25) is 0 Å². The number of fused-ring (bicyclic) bond motifs is 1. The Bertz CT molecular complexity index is 528. The second kappa shape index (κ2) is 6.00. The molecule has 1 aliphatic carbocycles. The van der Waals surface area contributed by atoms with Gasteiger partial charge in [0.1, 0.15) is 5.82 Å². The van der Waals surface area contributed by atoms with Crippen molar-refractivity contribution in [1.82, 2.24) is 4.90 Å². The fourth-order valence-corrected chi connectivity index (χ4v) is 3.83. The van der Waals surface area contributed by atoms with Gasteiger partial charge in [0.05, 0.1) is 5.56 Å². The standard InChI is InChI=1S/C14H16BrFN2O.ClH/c15-12-5-9(16)2-3-10(12)14(19)18-6-8-1-4-13(17)11(8)7-18;/h2-3,5,8,11,13H,1,4,6-7,17H2;1H. The fourth-order valence-electron chi connectivity index (χ4n) is 3.31. The largest absolute Gasteiger partial charge is 0.338 e. The zero-order chi connectivity index (χ0) is 13.6. The van der Waals surface area contributed by atoms with Crippen LogP contribution in [0, 0.1) is 17.7 Å². The van der Waals surface area contributed by atoms with Gasteiger partial charge < -0.3 is 10.6 Å². The molecule has 3 nitrogen and oxygen atoms in total. The number of hydrogen-bond donors (Lipinski definition) is 1. The number of hydrogen-bond acceptors (Lipinski definition) is 2. The predicted octanol–water partition coefficient (Wildman–Crippen LogP) is 2.82. The van der Waals surface area contributed by atoms with Crippen molar-refractivity contribution in [2.45, 2.75) is 18.9 Å². The van der Waals surface area contributed by atoms with Gasteiger partial charge in [0.25, 0.3) is 5.91 Å². The topological polar surface area (TPSA) is 46.3 Å². The van der Waals surface area contributed by atoms with Crippen molar-refractivity contribution in [2.24, 2.45) is 17.6 Å². The molecular formula is C14H17BrClFN2O. The van der Waals surface area contributed by atoms with E-state index in [-0.39, 0.29) is 30.2 Å². The molecule has 2 fully saturated rings. The van der Waals surface area contributed by atoms with E-state index in [4.69, 9.17) is 5.73 Å². The molecule has 1 aromatic carbocycles. The van der Waals surface area contributed by atoms with Gasteiger partial charge in [-0.3, -0.25) is 4.79 Å². The number of rotatable bonds is 1. The van der Waals surface area contributed by atoms with Crippen molar-refractivity contribution in [3.8, 4) is 0 Å². The van der Waals surface area contributed by atoms with E-state index in [2.05, 4.69) is 15.9 Å². The Morgan fingerprint density at radius 2 is 2.10 bits per heavy atom. The molecule has 6 heteroatoms. The van der Waals surface area contributed by atoms with Gasteiger partial charge in [0.15, 0.2) is 0 Å². The van der Waals surface area contributed by atoms with Crippen LogP contribution >= 0.6 is 28.3 Å². The SMILES string of the molecule is Cl.NC1CCC2CN(C(=O)c3ccc(F)cc3Br)CC12. The van der Waals surface area contributed by atoms with Crippen LogP contribution in [0.25, 0.3) is 0 Å². The van der Waals surface area contributed by atoms with Gasteiger partial charge in [-0.05, 0) is 58.8 Å². The van der Waals surface area contributed by atoms with Crippen molar-refractivity contribution in [3.05, 3.63) is 34.1 Å². The number of nitrogens with two attached hydrogens (primary N) is 1. The van der Waals surface area contributed by atoms with Crippen LogP contribution in [0.3, 0.4) is 0 Å². The summed E-state index contributed by atoms with van der Waals surface area (Å²) in [4.78, 5) is 14.3. The first kappa shape index (κ1) is 15.7. The highest BCUT2D eigenvalue weighted by Gasteiger charge is 2.42. The van der Waals surface area contributed by atoms with Crippen LogP contribution in [-0.4, -0.2) is 29.9 Å². The summed E-state index contributed by atoms with van der Waals surface area (Å²) >= 11 is 3.26. The van der Waals surface area contributed by atoms with Crippen molar-refractivity contribution >= 4 is 34.2 Å². The highest BCUT2D eigenvalue weighted by Crippen LogP contribution is 2.38. The number of likely N-dealkylation sites (tertiary alicyclic amines) is 1. The van der Waals surface area contributed by atoms with Gasteiger partial charge in [-0.15, -0.1) is 12.4 Å². The molecule has 110 valence electrons. The zero-order valence-electron chi connectivity index (χ0n) is 10.9. The highest BCUT2D eigenvalue weighted by atomic mass is 79.9. The minimum absolute atomic E-state index is 0. The Morgan fingerprint density at radius 1 is 1.35 bits per heavy atom. The Hall–Kier alpha value is -0.650. The third kappa shape index (κ3) is 2.71. The van der Waals surface area contributed by atoms with Crippen LogP contribution in [0.15, 0.2) is 22.7 Å². The third-order valence-electron chi connectivity index (χ3n) is 4.36. The summed E-state index contributed by atoms with van der Waals surface area (Å²) in [5.74, 6) is 0.596. The highest BCUT2D eigenvalue weighted by molar-refractivity contribution is 9.10. The molecule has 20 heavy (non-hydrogen) atoms. The number of carbonyl (C=O) groups is 1. The average molecular weight is 364 g/mol. The van der Waals surface area contributed by atoms with E-state index in [1.807, 2.05) is 4.90 Å². The van der Waals surface area contributed by atoms with Crippen molar-refractivity contribution in [1.29, 1.82) is 0 Å². The molecule has 1 saturated heterocycles. The molecule has 3 rings (SSSR count). The van der Waals surface area contributed by atoms with E-state index < -0.39 is 0 Å². The van der Waals surface area contributed by atoms with E-state index >= 15 is 0 Å². The summed E-state index contributed by atoms with van der Waals surface area (Å²) in [5.41, 5.74) is 6.60. The number of halogens is 3. The van der Waals surface area contributed by atoms with Crippen LogP contribution in [0.5, 0.6) is 0 Å². The van der Waals surface area contributed by atoms with Gasteiger partial charge in [0, 0.05) is 23.6 Å². The van der Waals surface area contributed by atoms with Gasteiger partial charge >= 0.3 is 0 Å². The van der Waals surface area contributed by atoms with Gasteiger partial charge in [-0.1, -0.05) is 0 Å². The van der Waals surface area contributed by atoms with Crippen molar-refractivity contribution in [2.75, 3.05) is 13.1 Å². The number of amides is 1. The van der Waals surface area contributed by atoms with E-state index in [0.717, 1.165) is 25.9 Å². The Morgan fingerprint density at radius 3 is 2.75 bits per heavy atom. The maximum atomic E-state index is 13.1. The molecule has 0 bridgehead atoms. The first-order valence-electron chi connectivity index (χ1n) is 6.56. The lowest BCUT2D eigenvalue weighted by molar-refractivity contribution is 0.0778. The maximum Gasteiger partial charge on any atom is 0.255 e. The van der Waals surface area contributed by atoms with Gasteiger partial charge in [-0.25, -0.2) is 4.39 Å². The predicted molar refractivity (Wildman–Crippen MR) is 81.4 cm³/mol. The lowest BCUT2D eigenvalue weighted by atomic mass is 9.98. The lowest BCUT2D eigenvalue weighted by Gasteiger charge is -2.19. The minimum Gasteiger partial charge on any atom is -0.338 e. The molecule has 3 atom stereocenters. The Balaban J connectivity index is 0.00000147. The fraction of sp³-hybridized carbons (Fsp3) is 0.500. The van der Waals surface area contributed by atoms with Crippen LogP contribution in [0.2, 0.25) is 0 Å². The van der Waals surface area contributed by atoms with E-state index in [0.29, 0.717) is 21.9 Å². The summed E-state index contributed by atoms with van der Waals surface area (Å²) in [6.45, 7) is 1.51. The minimum atomic E-state index is -0.344. The summed E-state index contributed by atoms with van der Waals surface area (Å²) in [6, 6.07) is 4.41. The van der Waals surface area contributed by atoms with Crippen molar-refractivity contribution in [3.63, 3.8) is 0 Å². The third-order valence-corrected chi connectivity index (χ3v) is 5.02. The zero-order valence-corrected chi connectivity index (χ0v) is 13.3. The van der Waals surface area contributed by atoms with Crippen molar-refractivity contribution < 1.29 is 9.18 Å². The second-order valence-electron chi connectivity index (χ2n) is 5.50. The lowest BCUT2D eigenvalue weighted by Crippen LogP contribution is -2.33. The first-order chi connectivity index (χ1) is 9.06. The van der Waals surface area contributed by atoms with E-state index in [9.17, 15) is 9.18 Å². The molecule has 1 aliphatic heterocycles. The maximum absolute atomic E-state index is 13.1. The van der Waals surface area contributed by atoms with E-state index in [1.165, 1.54) is 18.2 Å². The van der Waals surface area contributed by atoms with Crippen LogP contribution in [-0.2, 0) is 0 Å². The molecule has 0 radical (unpaired) electrons. The summed E-state index contributed by atoms with van der Waals surface area (Å²) in [7, 11) is 0. The normalized spacial score (nSPS) is 28.1. The smallest absolute Gasteiger partial charge is 0.255 e. The Kier molecular flexibility index (Phi) is 4.72. The molecule has 1 aromatic rings. The van der Waals surface area contributed by atoms with Crippen LogP contribution < -0.4 is 5.73 Å². The molecule has 3 unspecified atom stereocenters. The second-order valence-corrected chi connectivity index (χ2v) is 6.35. The molecule has 0 aromatic heterocycles. The average Bonchev–Trinajstić information content (AvgIpc) is 2.91. The van der Waals surface area contributed by atoms with Crippen LogP contribution in [0.1, 0.15) is 23.2 Å². The quantitative estimate of drug-likeness (QED) is 0.834. The molecule has 1 amide bonds. The summed E-state index contributed by atoms with van der Waals surface area (Å²) in [6.07, 6.45) is 2.18. The molecule has 0 spiro atoms. The molecule has 2 aliphatic rings. The first-order valence-corrected chi connectivity index (χ1v) is 7.35. The molecular weight excluding hydrogens is 347 g/mol. The Labute approximate surface area is 132 Å². The summed E-state index contributed by atoms with van der Waals surface area (Å²) in [5, 5.41) is 0. The van der Waals surface area contributed by atoms with Crippen LogP contribution in [0.4, 0.5) is 4.39 Å². The number of nitrogens with zero attached hydrogens (tertiary/aromatic N) is 1. The number of carbonyl (C=O) groups excluding carboxylic acids is 1. The van der Waals surface area contributed by atoms with Gasteiger partial charge in [-0.2, -0.15) is 0 Å². The molecule has 2 N–H and O–H groups in total. The molecule has 1 saturated carbocycles. The van der Waals surface area contributed by atoms with E-state index in [1.54, 1.807) is 0 Å².